The van der Waals surface area contributed by atoms with Crippen molar-refractivity contribution in [2.75, 3.05) is 49.1 Å². The molecule has 1 atom stereocenters. The number of ether oxygens (including phenoxy) is 1. The van der Waals surface area contributed by atoms with Gasteiger partial charge < -0.3 is 28.3 Å². The van der Waals surface area contributed by atoms with E-state index in [-0.39, 0.29) is 36.4 Å². The van der Waals surface area contributed by atoms with E-state index < -0.39 is 18.5 Å². The lowest BCUT2D eigenvalue weighted by atomic mass is 10.1. The van der Waals surface area contributed by atoms with Crippen molar-refractivity contribution in [2.24, 2.45) is 5.92 Å². The summed E-state index contributed by atoms with van der Waals surface area (Å²) in [5.74, 6) is -0.683. The number of benzene rings is 2. The highest BCUT2D eigenvalue weighted by Crippen LogP contribution is 2.39. The van der Waals surface area contributed by atoms with Gasteiger partial charge in [-0.15, -0.1) is 0 Å². The van der Waals surface area contributed by atoms with Gasteiger partial charge in [-0.3, -0.25) is 14.4 Å². The number of nitriles is 1. The third kappa shape index (κ3) is 4.91. The zero-order valence-corrected chi connectivity index (χ0v) is 23.2. The second-order valence-corrected chi connectivity index (χ2v) is 10.8. The minimum atomic E-state index is -0.637. The number of aromatic nitrogens is 1. The summed E-state index contributed by atoms with van der Waals surface area (Å²) in [5.41, 5.74) is 5.72. The van der Waals surface area contributed by atoms with Crippen LogP contribution in [0, 0.1) is 17.2 Å². The molecule has 11 nitrogen and oxygen atoms in total. The normalized spacial score (nSPS) is 17.5. The van der Waals surface area contributed by atoms with E-state index in [1.54, 1.807) is 21.9 Å². The van der Waals surface area contributed by atoms with E-state index in [1.807, 2.05) is 41.3 Å². The fourth-order valence-electron chi connectivity index (χ4n) is 6.02. The molecule has 2 fully saturated rings. The predicted molar refractivity (Wildman–Crippen MR) is 154 cm³/mol. The number of hydrogen-bond acceptors (Lipinski definition) is 9. The van der Waals surface area contributed by atoms with Gasteiger partial charge >= 0.3 is 5.97 Å². The van der Waals surface area contributed by atoms with Crippen LogP contribution in [0.4, 0.5) is 11.6 Å². The Morgan fingerprint density at radius 3 is 2.63 bits per heavy atom. The summed E-state index contributed by atoms with van der Waals surface area (Å²) in [6.45, 7) is 1.37. The Kier molecular flexibility index (Phi) is 6.66. The summed E-state index contributed by atoms with van der Waals surface area (Å²) in [4.78, 5) is 47.9. The van der Waals surface area contributed by atoms with Crippen LogP contribution in [0.25, 0.3) is 22.8 Å². The maximum absolute atomic E-state index is 12.9. The number of carbonyl (C=O) groups is 3. The van der Waals surface area contributed by atoms with Crippen molar-refractivity contribution in [3.8, 4) is 28.8 Å². The maximum atomic E-state index is 12.9. The zero-order valence-electron chi connectivity index (χ0n) is 23.2. The minimum Gasteiger partial charge on any atom is -0.459 e. The maximum Gasteiger partial charge on any atom is 0.311 e. The molecular formula is C32H27N5O6. The molecule has 2 saturated heterocycles. The molecule has 0 radical (unpaired) electrons. The number of carbonyl (C=O) groups excluding carboxylic acids is 3. The van der Waals surface area contributed by atoms with Gasteiger partial charge in [0.25, 0.3) is 11.8 Å². The molecule has 4 aromatic rings. The molecule has 4 heterocycles. The second kappa shape index (κ2) is 10.8. The average Bonchev–Trinajstić information content (AvgIpc) is 3.84. The monoisotopic (exact) mass is 577 g/mol. The Morgan fingerprint density at radius 2 is 1.84 bits per heavy atom. The van der Waals surface area contributed by atoms with Gasteiger partial charge in [-0.2, -0.15) is 10.2 Å². The Morgan fingerprint density at radius 1 is 1.02 bits per heavy atom. The van der Waals surface area contributed by atoms with Crippen molar-refractivity contribution >= 4 is 29.4 Å². The molecule has 0 spiro atoms. The molecule has 1 aliphatic carbocycles. The molecule has 43 heavy (non-hydrogen) atoms. The molecule has 7 rings (SSSR count). The Labute approximate surface area is 246 Å². The van der Waals surface area contributed by atoms with Crippen LogP contribution in [0.1, 0.15) is 23.2 Å². The van der Waals surface area contributed by atoms with Gasteiger partial charge in [-0.25, -0.2) is 0 Å². The van der Waals surface area contributed by atoms with Crippen LogP contribution in [0.3, 0.4) is 0 Å². The third-order valence-corrected chi connectivity index (χ3v) is 8.25. The summed E-state index contributed by atoms with van der Waals surface area (Å²) in [7, 11) is 0. The van der Waals surface area contributed by atoms with Crippen molar-refractivity contribution in [1.29, 1.82) is 5.26 Å². The summed E-state index contributed by atoms with van der Waals surface area (Å²) >= 11 is 0. The van der Waals surface area contributed by atoms with Gasteiger partial charge in [-0.05, 0) is 52.9 Å². The lowest BCUT2D eigenvalue weighted by molar-refractivity contribution is -0.155. The highest BCUT2D eigenvalue weighted by Gasteiger charge is 2.37. The molecule has 2 aromatic carbocycles. The van der Waals surface area contributed by atoms with Crippen LogP contribution < -0.4 is 9.80 Å². The zero-order chi connectivity index (χ0) is 29.5. The number of piperazine rings is 1. The molecule has 0 N–H and O–H groups in total. The first-order valence-corrected chi connectivity index (χ1v) is 14.1. The number of esters is 1. The summed E-state index contributed by atoms with van der Waals surface area (Å²) < 4.78 is 16.5. The molecule has 2 aromatic heterocycles. The molecule has 1 unspecified atom stereocenters. The average molecular weight is 578 g/mol. The number of anilines is 2. The molecule has 2 amide bonds. The topological polar surface area (TPSA) is 133 Å². The highest BCUT2D eigenvalue weighted by atomic mass is 16.5. The van der Waals surface area contributed by atoms with E-state index in [4.69, 9.17) is 13.6 Å². The summed E-state index contributed by atoms with van der Waals surface area (Å²) in [5, 5.41) is 9.51. The molecule has 2 aliphatic heterocycles. The van der Waals surface area contributed by atoms with E-state index in [9.17, 15) is 19.6 Å². The summed E-state index contributed by atoms with van der Waals surface area (Å²) in [6.07, 6.45) is 2.35. The van der Waals surface area contributed by atoms with E-state index >= 15 is 0 Å². The number of nitrogens with zero attached hydrogens (tertiary/aromatic N) is 5. The first-order chi connectivity index (χ1) is 21.0. The van der Waals surface area contributed by atoms with Crippen LogP contribution >= 0.6 is 0 Å². The first kappa shape index (κ1) is 26.5. The first-order valence-electron chi connectivity index (χ1n) is 14.1. The second-order valence-electron chi connectivity index (χ2n) is 10.8. The molecule has 0 saturated carbocycles. The smallest absolute Gasteiger partial charge is 0.311 e. The number of furan rings is 1. The molecular weight excluding hydrogens is 550 g/mol. The van der Waals surface area contributed by atoms with E-state index in [0.29, 0.717) is 37.8 Å². The van der Waals surface area contributed by atoms with Gasteiger partial charge in [-0.1, -0.05) is 30.3 Å². The molecule has 216 valence electrons. The lowest BCUT2D eigenvalue weighted by Gasteiger charge is -2.34. The van der Waals surface area contributed by atoms with Crippen molar-refractivity contribution in [3.63, 3.8) is 0 Å². The van der Waals surface area contributed by atoms with E-state index in [2.05, 4.69) is 17.1 Å². The van der Waals surface area contributed by atoms with Gasteiger partial charge in [0.1, 0.15) is 6.07 Å². The number of hydrogen-bond donors (Lipinski definition) is 0. The lowest BCUT2D eigenvalue weighted by Crippen LogP contribution is -2.50. The quantitative estimate of drug-likeness (QED) is 0.278. The number of fused-ring (bicyclic) bond motifs is 3. The third-order valence-electron chi connectivity index (χ3n) is 8.25. The number of oxazole rings is 1. The van der Waals surface area contributed by atoms with Gasteiger partial charge in [0, 0.05) is 44.8 Å². The van der Waals surface area contributed by atoms with Crippen LogP contribution in [0.15, 0.2) is 69.7 Å². The minimum absolute atomic E-state index is 0.0431. The Bertz CT molecular complexity index is 1760. The van der Waals surface area contributed by atoms with E-state index in [0.717, 1.165) is 17.7 Å². The van der Waals surface area contributed by atoms with Crippen LogP contribution in [0.2, 0.25) is 0 Å². The van der Waals surface area contributed by atoms with Gasteiger partial charge in [0.05, 0.1) is 12.2 Å². The van der Waals surface area contributed by atoms with Crippen LogP contribution in [-0.2, 0) is 25.5 Å². The standard InChI is InChI=1S/C32H27N5O6/c33-17-26-31(43-30(34-26)27-6-3-13-41-27)36-11-9-35(10-12-36)29(39)19-42-32(40)22-16-28(38)37(18-22)23-7-8-25-21(15-23)14-20-4-1-2-5-24(20)25/h1-8,13,15,22H,9-12,14,16,18-19H2. The number of amides is 2. The van der Waals surface area contributed by atoms with E-state index in [1.165, 1.54) is 23.0 Å². The van der Waals surface area contributed by atoms with Crippen molar-refractivity contribution in [3.05, 3.63) is 77.7 Å². The van der Waals surface area contributed by atoms with Gasteiger partial charge in [0.2, 0.25) is 17.5 Å². The predicted octanol–water partition coefficient (Wildman–Crippen LogP) is 3.62. The van der Waals surface area contributed by atoms with Crippen LogP contribution in [0.5, 0.6) is 0 Å². The number of rotatable bonds is 6. The molecule has 11 heteroatoms. The van der Waals surface area contributed by atoms with Crippen molar-refractivity contribution in [1.82, 2.24) is 9.88 Å². The van der Waals surface area contributed by atoms with Crippen LogP contribution in [-0.4, -0.2) is 67.0 Å². The molecule has 0 bridgehead atoms. The van der Waals surface area contributed by atoms with Crippen molar-refractivity contribution in [2.45, 2.75) is 12.8 Å². The molecule has 3 aliphatic rings. The largest absolute Gasteiger partial charge is 0.459 e. The fraction of sp³-hybridized carbons (Fsp3) is 0.281. The fourth-order valence-corrected chi connectivity index (χ4v) is 6.02. The highest BCUT2D eigenvalue weighted by molar-refractivity contribution is 6.00. The Hall–Kier alpha value is -5.37. The van der Waals surface area contributed by atoms with Gasteiger partial charge in [0.15, 0.2) is 12.4 Å². The SMILES string of the molecule is N#Cc1nc(-c2ccco2)oc1N1CCN(C(=O)COC(=O)C2CC(=O)N(c3ccc4c(c3)Cc3ccccc3-4)C2)CC1. The summed E-state index contributed by atoms with van der Waals surface area (Å²) in [6, 6.07) is 19.7. The Balaban J connectivity index is 0.917. The van der Waals surface area contributed by atoms with Crippen molar-refractivity contribution < 1.29 is 28.0 Å².